The predicted octanol–water partition coefficient (Wildman–Crippen LogP) is 2.74. The summed E-state index contributed by atoms with van der Waals surface area (Å²) in [7, 11) is 0. The first-order valence-electron chi connectivity index (χ1n) is 7.20. The summed E-state index contributed by atoms with van der Waals surface area (Å²) < 4.78 is 0. The molecule has 0 saturated carbocycles. The Hall–Kier alpha value is -1.35. The van der Waals surface area contributed by atoms with Crippen LogP contribution in [0.3, 0.4) is 0 Å². The second-order valence-electron chi connectivity index (χ2n) is 5.68. The summed E-state index contributed by atoms with van der Waals surface area (Å²) >= 11 is 0. The molecule has 0 atom stereocenters. The molecule has 104 valence electrons. The van der Waals surface area contributed by atoms with Crippen LogP contribution in [-0.2, 0) is 4.79 Å². The van der Waals surface area contributed by atoms with Crippen molar-refractivity contribution in [1.29, 1.82) is 0 Å². The van der Waals surface area contributed by atoms with Crippen molar-refractivity contribution in [3.8, 4) is 0 Å². The van der Waals surface area contributed by atoms with Gasteiger partial charge in [-0.05, 0) is 45.0 Å². The molecule has 0 bridgehead atoms. The Morgan fingerprint density at radius 1 is 1.21 bits per heavy atom. The number of piperidine rings is 1. The van der Waals surface area contributed by atoms with Gasteiger partial charge in [0.05, 0.1) is 0 Å². The highest BCUT2D eigenvalue weighted by Gasteiger charge is 2.28. The number of benzene rings is 1. The lowest BCUT2D eigenvalue weighted by molar-refractivity contribution is -0.122. The van der Waals surface area contributed by atoms with E-state index >= 15 is 0 Å². The average molecular weight is 260 g/mol. The molecule has 1 heterocycles. The maximum atomic E-state index is 12.5. The number of carbonyl (C=O) groups is 1. The first kappa shape index (κ1) is 14.1. The third-order valence-electron chi connectivity index (χ3n) is 3.72. The summed E-state index contributed by atoms with van der Waals surface area (Å²) in [6, 6.07) is 8.63. The second-order valence-corrected chi connectivity index (χ2v) is 5.68. The number of amides is 1. The third-order valence-corrected chi connectivity index (χ3v) is 3.72. The van der Waals surface area contributed by atoms with Crippen LogP contribution in [0.1, 0.15) is 32.3 Å². The maximum absolute atomic E-state index is 12.5. The Morgan fingerprint density at radius 2 is 1.79 bits per heavy atom. The van der Waals surface area contributed by atoms with Gasteiger partial charge in [0.25, 0.3) is 0 Å². The van der Waals surface area contributed by atoms with Gasteiger partial charge >= 0.3 is 0 Å². The van der Waals surface area contributed by atoms with E-state index in [0.29, 0.717) is 6.04 Å². The number of nitrogens with zero attached hydrogens (tertiary/aromatic N) is 1. The fourth-order valence-corrected chi connectivity index (χ4v) is 2.57. The van der Waals surface area contributed by atoms with Crippen LogP contribution in [0.2, 0.25) is 0 Å². The molecule has 3 nitrogen and oxygen atoms in total. The number of hydrogen-bond acceptors (Lipinski definition) is 2. The van der Waals surface area contributed by atoms with E-state index in [-0.39, 0.29) is 11.8 Å². The van der Waals surface area contributed by atoms with Crippen molar-refractivity contribution in [2.75, 3.05) is 18.0 Å². The fraction of sp³-hybridized carbons (Fsp3) is 0.562. The zero-order valence-electron chi connectivity index (χ0n) is 12.1. The highest BCUT2D eigenvalue weighted by Crippen LogP contribution is 2.24. The largest absolute Gasteiger partial charge is 0.317 e. The van der Waals surface area contributed by atoms with Crippen LogP contribution in [0.5, 0.6) is 0 Å². The van der Waals surface area contributed by atoms with E-state index in [1.54, 1.807) is 0 Å². The SMILES string of the molecule is Cc1ccc(N(C(=O)C(C)C)C2CCNCC2)cc1. The number of carbonyl (C=O) groups excluding carboxylic acids is 1. The number of anilines is 1. The zero-order valence-corrected chi connectivity index (χ0v) is 12.1. The van der Waals surface area contributed by atoms with Gasteiger partial charge in [-0.2, -0.15) is 0 Å². The lowest BCUT2D eigenvalue weighted by Gasteiger charge is -2.36. The van der Waals surface area contributed by atoms with E-state index in [1.165, 1.54) is 5.56 Å². The average Bonchev–Trinajstić information content (AvgIpc) is 2.42. The van der Waals surface area contributed by atoms with Crippen LogP contribution >= 0.6 is 0 Å². The number of hydrogen-bond donors (Lipinski definition) is 1. The molecular weight excluding hydrogens is 236 g/mol. The van der Waals surface area contributed by atoms with Crippen molar-refractivity contribution in [3.05, 3.63) is 29.8 Å². The van der Waals surface area contributed by atoms with Crippen molar-refractivity contribution >= 4 is 11.6 Å². The standard InChI is InChI=1S/C16H24N2O/c1-12(2)16(19)18(15-8-10-17-11-9-15)14-6-4-13(3)5-7-14/h4-7,12,15,17H,8-11H2,1-3H3. The number of aryl methyl sites for hydroxylation is 1. The van der Waals surface area contributed by atoms with Crippen LogP contribution in [0.15, 0.2) is 24.3 Å². The van der Waals surface area contributed by atoms with Crippen LogP contribution in [0.4, 0.5) is 5.69 Å². The van der Waals surface area contributed by atoms with E-state index in [2.05, 4.69) is 36.5 Å². The van der Waals surface area contributed by atoms with Crippen molar-refractivity contribution in [1.82, 2.24) is 5.32 Å². The van der Waals surface area contributed by atoms with Crippen LogP contribution in [0.25, 0.3) is 0 Å². The molecule has 1 N–H and O–H groups in total. The Balaban J connectivity index is 2.27. The predicted molar refractivity (Wildman–Crippen MR) is 79.4 cm³/mol. The lowest BCUT2D eigenvalue weighted by atomic mass is 10.0. The van der Waals surface area contributed by atoms with Gasteiger partial charge in [0.1, 0.15) is 0 Å². The summed E-state index contributed by atoms with van der Waals surface area (Å²) in [5.41, 5.74) is 2.27. The molecule has 1 aliphatic heterocycles. The minimum atomic E-state index is 0.0381. The Bertz CT molecular complexity index is 419. The van der Waals surface area contributed by atoms with Gasteiger partial charge < -0.3 is 10.2 Å². The van der Waals surface area contributed by atoms with Crippen LogP contribution in [-0.4, -0.2) is 25.0 Å². The van der Waals surface area contributed by atoms with E-state index in [4.69, 9.17) is 0 Å². The highest BCUT2D eigenvalue weighted by atomic mass is 16.2. The summed E-state index contributed by atoms with van der Waals surface area (Å²) in [4.78, 5) is 14.6. The molecule has 0 aromatic heterocycles. The molecule has 0 radical (unpaired) electrons. The molecular formula is C16H24N2O. The highest BCUT2D eigenvalue weighted by molar-refractivity contribution is 5.95. The Morgan fingerprint density at radius 3 is 2.32 bits per heavy atom. The van der Waals surface area contributed by atoms with E-state index in [0.717, 1.165) is 31.6 Å². The van der Waals surface area contributed by atoms with Crippen molar-refractivity contribution in [2.45, 2.75) is 39.7 Å². The fourth-order valence-electron chi connectivity index (χ4n) is 2.57. The topological polar surface area (TPSA) is 32.3 Å². The summed E-state index contributed by atoms with van der Waals surface area (Å²) in [5, 5.41) is 3.36. The summed E-state index contributed by atoms with van der Waals surface area (Å²) in [5.74, 6) is 0.270. The van der Waals surface area contributed by atoms with E-state index < -0.39 is 0 Å². The number of rotatable bonds is 3. The molecule has 3 heteroatoms. The van der Waals surface area contributed by atoms with Crippen LogP contribution in [0, 0.1) is 12.8 Å². The van der Waals surface area contributed by atoms with Crippen molar-refractivity contribution < 1.29 is 4.79 Å². The van der Waals surface area contributed by atoms with E-state index in [9.17, 15) is 4.79 Å². The molecule has 0 spiro atoms. The molecule has 0 unspecified atom stereocenters. The quantitative estimate of drug-likeness (QED) is 0.906. The Labute approximate surface area is 116 Å². The molecule has 1 aromatic rings. The van der Waals surface area contributed by atoms with Gasteiger partial charge in [0.15, 0.2) is 0 Å². The van der Waals surface area contributed by atoms with E-state index in [1.807, 2.05) is 18.7 Å². The summed E-state index contributed by atoms with van der Waals surface area (Å²) in [6.07, 6.45) is 2.07. The van der Waals surface area contributed by atoms with Gasteiger partial charge in [-0.3, -0.25) is 4.79 Å². The minimum absolute atomic E-state index is 0.0381. The van der Waals surface area contributed by atoms with Crippen molar-refractivity contribution in [2.24, 2.45) is 5.92 Å². The first-order valence-corrected chi connectivity index (χ1v) is 7.20. The van der Waals surface area contributed by atoms with Gasteiger partial charge in [-0.1, -0.05) is 31.5 Å². The second kappa shape index (κ2) is 6.20. The monoisotopic (exact) mass is 260 g/mol. The zero-order chi connectivity index (χ0) is 13.8. The van der Waals surface area contributed by atoms with Gasteiger partial charge in [0.2, 0.25) is 5.91 Å². The van der Waals surface area contributed by atoms with Crippen molar-refractivity contribution in [3.63, 3.8) is 0 Å². The van der Waals surface area contributed by atoms with Gasteiger partial charge in [-0.15, -0.1) is 0 Å². The normalized spacial score (nSPS) is 16.6. The first-order chi connectivity index (χ1) is 9.09. The van der Waals surface area contributed by atoms with Crippen LogP contribution < -0.4 is 10.2 Å². The summed E-state index contributed by atoms with van der Waals surface area (Å²) in [6.45, 7) is 8.02. The maximum Gasteiger partial charge on any atom is 0.229 e. The third kappa shape index (κ3) is 3.35. The van der Waals surface area contributed by atoms with Gasteiger partial charge in [0, 0.05) is 17.6 Å². The molecule has 1 aromatic carbocycles. The smallest absolute Gasteiger partial charge is 0.229 e. The molecule has 1 saturated heterocycles. The molecule has 0 aliphatic carbocycles. The lowest BCUT2D eigenvalue weighted by Crippen LogP contribution is -2.47. The molecule has 19 heavy (non-hydrogen) atoms. The Kier molecular flexibility index (Phi) is 4.59. The molecule has 2 rings (SSSR count). The van der Waals surface area contributed by atoms with Gasteiger partial charge in [-0.25, -0.2) is 0 Å². The molecule has 1 aliphatic rings. The minimum Gasteiger partial charge on any atom is -0.317 e. The number of nitrogens with one attached hydrogen (secondary N) is 1. The molecule has 1 amide bonds. The molecule has 1 fully saturated rings.